The molecule has 2 rings (SSSR count). The summed E-state index contributed by atoms with van der Waals surface area (Å²) in [5, 5.41) is 0.639. The van der Waals surface area contributed by atoms with Crippen molar-refractivity contribution >= 4 is 23.2 Å². The molecule has 0 fully saturated rings. The maximum atomic E-state index is 13.8. The Kier molecular flexibility index (Phi) is 5.50. The zero-order valence-corrected chi connectivity index (χ0v) is 12.9. The zero-order valence-electron chi connectivity index (χ0n) is 11.4. The van der Waals surface area contributed by atoms with Gasteiger partial charge in [-0.2, -0.15) is 0 Å². The van der Waals surface area contributed by atoms with Crippen LogP contribution in [0.4, 0.5) is 4.39 Å². The molecule has 0 N–H and O–H groups in total. The minimum atomic E-state index is -0.430. The van der Waals surface area contributed by atoms with Crippen molar-refractivity contribution in [2.24, 2.45) is 0 Å². The van der Waals surface area contributed by atoms with E-state index in [-0.39, 0.29) is 12.5 Å². The fourth-order valence-electron chi connectivity index (χ4n) is 1.75. The molecule has 0 heterocycles. The standard InChI is InChI=1S/C17H13Cl2FO/c1-12-4-5-14(16(19)9-12)11-21-15-7-6-13(3-2-8-18)17(20)10-15/h4-7,9-10H,8,11H2,1H3. The lowest BCUT2D eigenvalue weighted by atomic mass is 10.1. The number of benzene rings is 2. The van der Waals surface area contributed by atoms with Gasteiger partial charge in [0.15, 0.2) is 0 Å². The van der Waals surface area contributed by atoms with E-state index in [0.29, 0.717) is 16.3 Å². The fraction of sp³-hybridized carbons (Fsp3) is 0.176. The van der Waals surface area contributed by atoms with Crippen LogP contribution in [0.1, 0.15) is 16.7 Å². The number of hydrogen-bond acceptors (Lipinski definition) is 1. The van der Waals surface area contributed by atoms with Crippen molar-refractivity contribution in [2.45, 2.75) is 13.5 Å². The molecule has 0 saturated heterocycles. The third-order valence-corrected chi connectivity index (χ3v) is 3.32. The predicted octanol–water partition coefficient (Wildman–Crippen LogP) is 4.96. The van der Waals surface area contributed by atoms with Crippen LogP contribution in [0.15, 0.2) is 36.4 Å². The van der Waals surface area contributed by atoms with E-state index in [9.17, 15) is 4.39 Å². The van der Waals surface area contributed by atoms with Gasteiger partial charge in [-0.25, -0.2) is 4.39 Å². The Labute approximate surface area is 133 Å². The first-order valence-corrected chi connectivity index (χ1v) is 7.23. The van der Waals surface area contributed by atoms with Gasteiger partial charge < -0.3 is 4.74 Å². The molecule has 0 aromatic heterocycles. The van der Waals surface area contributed by atoms with Crippen LogP contribution in [0, 0.1) is 24.6 Å². The molecule has 1 nitrogen and oxygen atoms in total. The van der Waals surface area contributed by atoms with E-state index in [1.807, 2.05) is 25.1 Å². The van der Waals surface area contributed by atoms with Crippen molar-refractivity contribution in [3.63, 3.8) is 0 Å². The van der Waals surface area contributed by atoms with Crippen molar-refractivity contribution in [2.75, 3.05) is 5.88 Å². The fourth-order valence-corrected chi connectivity index (χ4v) is 2.10. The van der Waals surface area contributed by atoms with Crippen LogP contribution in [0.5, 0.6) is 5.75 Å². The molecule has 0 atom stereocenters. The minimum absolute atomic E-state index is 0.170. The summed E-state index contributed by atoms with van der Waals surface area (Å²) in [5.74, 6) is 5.43. The van der Waals surface area contributed by atoms with Crippen molar-refractivity contribution in [3.8, 4) is 17.6 Å². The van der Waals surface area contributed by atoms with Gasteiger partial charge >= 0.3 is 0 Å². The third kappa shape index (κ3) is 4.39. The van der Waals surface area contributed by atoms with Crippen LogP contribution >= 0.6 is 23.2 Å². The van der Waals surface area contributed by atoms with E-state index in [4.69, 9.17) is 27.9 Å². The lowest BCUT2D eigenvalue weighted by Crippen LogP contribution is -1.97. The molecular formula is C17H13Cl2FO. The second-order valence-electron chi connectivity index (χ2n) is 4.46. The molecule has 0 aliphatic carbocycles. The van der Waals surface area contributed by atoms with E-state index in [2.05, 4.69) is 11.8 Å². The molecule has 2 aromatic carbocycles. The zero-order chi connectivity index (χ0) is 15.2. The Morgan fingerprint density at radius 3 is 2.67 bits per heavy atom. The number of rotatable bonds is 3. The number of hydrogen-bond donors (Lipinski definition) is 0. The van der Waals surface area contributed by atoms with Gasteiger partial charge in [-0.1, -0.05) is 35.6 Å². The van der Waals surface area contributed by atoms with Crippen LogP contribution in [0.3, 0.4) is 0 Å². The second kappa shape index (κ2) is 7.36. The summed E-state index contributed by atoms with van der Waals surface area (Å²) in [5.41, 5.74) is 2.24. The predicted molar refractivity (Wildman–Crippen MR) is 84.5 cm³/mol. The van der Waals surface area contributed by atoms with Crippen molar-refractivity contribution in [1.82, 2.24) is 0 Å². The normalized spacial score (nSPS) is 9.90. The molecule has 0 spiro atoms. The number of halogens is 3. The molecule has 0 aliphatic heterocycles. The first-order chi connectivity index (χ1) is 10.1. The van der Waals surface area contributed by atoms with Gasteiger partial charge in [-0.3, -0.25) is 0 Å². The largest absolute Gasteiger partial charge is 0.489 e. The quantitative estimate of drug-likeness (QED) is 0.573. The molecule has 108 valence electrons. The van der Waals surface area contributed by atoms with Crippen LogP contribution in [-0.2, 0) is 6.61 Å². The molecule has 0 radical (unpaired) electrons. The van der Waals surface area contributed by atoms with Crippen LogP contribution in [0.2, 0.25) is 5.02 Å². The van der Waals surface area contributed by atoms with E-state index in [0.717, 1.165) is 11.1 Å². The average molecular weight is 323 g/mol. The lowest BCUT2D eigenvalue weighted by molar-refractivity contribution is 0.304. The average Bonchev–Trinajstić information content (AvgIpc) is 2.45. The highest BCUT2D eigenvalue weighted by Gasteiger charge is 2.05. The van der Waals surface area contributed by atoms with Gasteiger partial charge in [0.05, 0.1) is 11.4 Å². The van der Waals surface area contributed by atoms with Crippen molar-refractivity contribution in [3.05, 3.63) is 63.9 Å². The minimum Gasteiger partial charge on any atom is -0.489 e. The van der Waals surface area contributed by atoms with Gasteiger partial charge in [0.1, 0.15) is 18.2 Å². The Morgan fingerprint density at radius 2 is 2.00 bits per heavy atom. The number of aryl methyl sites for hydroxylation is 1. The summed E-state index contributed by atoms with van der Waals surface area (Å²) >= 11 is 11.6. The molecule has 0 amide bonds. The molecule has 0 unspecified atom stereocenters. The van der Waals surface area contributed by atoms with Gasteiger partial charge in [-0.05, 0) is 30.7 Å². The smallest absolute Gasteiger partial charge is 0.142 e. The van der Waals surface area contributed by atoms with Crippen LogP contribution < -0.4 is 4.74 Å². The van der Waals surface area contributed by atoms with Crippen molar-refractivity contribution in [1.29, 1.82) is 0 Å². The summed E-state index contributed by atoms with van der Waals surface area (Å²) < 4.78 is 19.3. The number of alkyl halides is 1. The first kappa shape index (κ1) is 15.7. The van der Waals surface area contributed by atoms with E-state index < -0.39 is 5.82 Å². The highest BCUT2D eigenvalue weighted by Crippen LogP contribution is 2.21. The highest BCUT2D eigenvalue weighted by atomic mass is 35.5. The van der Waals surface area contributed by atoms with Crippen LogP contribution in [0.25, 0.3) is 0 Å². The molecule has 2 aromatic rings. The molecule has 0 aliphatic rings. The summed E-state index contributed by atoms with van der Waals surface area (Å²) in [6, 6.07) is 10.3. The topological polar surface area (TPSA) is 9.23 Å². The monoisotopic (exact) mass is 322 g/mol. The summed E-state index contributed by atoms with van der Waals surface area (Å²) in [4.78, 5) is 0. The Morgan fingerprint density at radius 1 is 1.19 bits per heavy atom. The third-order valence-electron chi connectivity index (χ3n) is 2.83. The maximum Gasteiger partial charge on any atom is 0.142 e. The molecular weight excluding hydrogens is 310 g/mol. The Bertz CT molecular complexity index is 702. The van der Waals surface area contributed by atoms with Crippen molar-refractivity contribution < 1.29 is 9.13 Å². The Hall–Kier alpha value is -1.69. The van der Waals surface area contributed by atoms with Crippen LogP contribution in [-0.4, -0.2) is 5.88 Å². The molecule has 4 heteroatoms. The molecule has 21 heavy (non-hydrogen) atoms. The number of ether oxygens (including phenoxy) is 1. The highest BCUT2D eigenvalue weighted by molar-refractivity contribution is 6.31. The van der Waals surface area contributed by atoms with E-state index in [1.54, 1.807) is 12.1 Å². The summed E-state index contributed by atoms with van der Waals surface area (Å²) in [7, 11) is 0. The maximum absolute atomic E-state index is 13.8. The first-order valence-electron chi connectivity index (χ1n) is 6.32. The molecule has 0 saturated carbocycles. The van der Waals surface area contributed by atoms with Gasteiger partial charge in [-0.15, -0.1) is 11.6 Å². The van der Waals surface area contributed by atoms with Gasteiger partial charge in [0.25, 0.3) is 0 Å². The second-order valence-corrected chi connectivity index (χ2v) is 5.14. The van der Waals surface area contributed by atoms with E-state index >= 15 is 0 Å². The van der Waals surface area contributed by atoms with Gasteiger partial charge in [0, 0.05) is 16.7 Å². The lowest BCUT2D eigenvalue weighted by Gasteiger charge is -2.09. The SMILES string of the molecule is Cc1ccc(COc2ccc(C#CCCl)c(F)c2)c(Cl)c1. The van der Waals surface area contributed by atoms with E-state index in [1.165, 1.54) is 6.07 Å². The Balaban J connectivity index is 2.08. The summed E-state index contributed by atoms with van der Waals surface area (Å²) in [6.07, 6.45) is 0. The molecule has 0 bridgehead atoms. The van der Waals surface area contributed by atoms with Gasteiger partial charge in [0.2, 0.25) is 0 Å². The summed E-state index contributed by atoms with van der Waals surface area (Å²) in [6.45, 7) is 2.25.